The fourth-order valence-corrected chi connectivity index (χ4v) is 5.64. The van der Waals surface area contributed by atoms with E-state index in [1.54, 1.807) is 41.3 Å². The topological polar surface area (TPSA) is 65.2 Å². The van der Waals surface area contributed by atoms with Crippen LogP contribution in [0.3, 0.4) is 0 Å². The van der Waals surface area contributed by atoms with E-state index in [9.17, 15) is 9.59 Å². The number of fused-ring (bicyclic) bond motifs is 1. The summed E-state index contributed by atoms with van der Waals surface area (Å²) < 4.78 is 0. The van der Waals surface area contributed by atoms with Crippen LogP contribution in [0.2, 0.25) is 10.0 Å². The number of carbonyl (C=O) groups is 2. The van der Waals surface area contributed by atoms with E-state index < -0.39 is 5.54 Å². The average Bonchev–Trinajstić information content (AvgIpc) is 3.27. The zero-order valence-electron chi connectivity index (χ0n) is 19.8. The van der Waals surface area contributed by atoms with Crippen LogP contribution in [0.5, 0.6) is 0 Å². The first-order valence-corrected chi connectivity index (χ1v) is 12.9. The molecule has 1 saturated carbocycles. The van der Waals surface area contributed by atoms with Crippen molar-refractivity contribution in [1.29, 1.82) is 0 Å². The summed E-state index contributed by atoms with van der Waals surface area (Å²) in [5.41, 5.74) is 2.04. The summed E-state index contributed by atoms with van der Waals surface area (Å²) in [6.45, 7) is 0. The molecule has 1 aliphatic carbocycles. The Hall–Kier alpha value is -3.28. The monoisotopic (exact) mass is 519 g/mol. The van der Waals surface area contributed by atoms with E-state index in [-0.39, 0.29) is 18.2 Å². The van der Waals surface area contributed by atoms with Crippen molar-refractivity contribution in [3.63, 3.8) is 0 Å². The summed E-state index contributed by atoms with van der Waals surface area (Å²) in [6, 6.07) is 22.2. The number of para-hydroxylation sites is 1. The lowest BCUT2D eigenvalue weighted by Crippen LogP contribution is -2.61. The highest BCUT2D eigenvalue weighted by atomic mass is 35.5. The predicted octanol–water partition coefficient (Wildman–Crippen LogP) is 7.39. The Morgan fingerprint density at radius 3 is 2.36 bits per heavy atom. The van der Waals surface area contributed by atoms with Gasteiger partial charge in [-0.15, -0.1) is 0 Å². The second-order valence-electron chi connectivity index (χ2n) is 9.30. The van der Waals surface area contributed by atoms with E-state index in [2.05, 4.69) is 10.3 Å². The van der Waals surface area contributed by atoms with E-state index in [1.807, 2.05) is 42.6 Å². The Kier molecular flexibility index (Phi) is 7.04. The van der Waals surface area contributed by atoms with Crippen molar-refractivity contribution in [2.75, 3.05) is 10.2 Å². The van der Waals surface area contributed by atoms with E-state index >= 15 is 0 Å². The predicted molar refractivity (Wildman–Crippen MR) is 147 cm³/mol. The number of benzene rings is 3. The highest BCUT2D eigenvalue weighted by Crippen LogP contribution is 2.39. The molecule has 4 aromatic rings. The molecule has 3 aromatic carbocycles. The van der Waals surface area contributed by atoms with Gasteiger partial charge in [0.05, 0.1) is 6.42 Å². The van der Waals surface area contributed by atoms with Gasteiger partial charge in [0.15, 0.2) is 0 Å². The number of anilines is 2. The normalized spacial score (nSPS) is 14.9. The number of nitrogens with zero attached hydrogens (tertiary/aromatic N) is 1. The SMILES string of the molecule is O=C(Cc1c[nH]c2ccccc12)N(c1cccc(Cl)c1)C1(C(=O)Nc2cccc(Cl)c2)CCCCC1. The van der Waals surface area contributed by atoms with Gasteiger partial charge in [-0.2, -0.15) is 0 Å². The van der Waals surface area contributed by atoms with Crippen LogP contribution in [0.4, 0.5) is 11.4 Å². The van der Waals surface area contributed by atoms with Gasteiger partial charge in [-0.1, -0.05) is 72.8 Å². The number of amides is 2. The van der Waals surface area contributed by atoms with E-state index in [4.69, 9.17) is 23.2 Å². The van der Waals surface area contributed by atoms with Crippen molar-refractivity contribution in [1.82, 2.24) is 4.98 Å². The summed E-state index contributed by atoms with van der Waals surface area (Å²) in [7, 11) is 0. The number of rotatable bonds is 6. The van der Waals surface area contributed by atoms with E-state index in [0.29, 0.717) is 34.3 Å². The van der Waals surface area contributed by atoms with Gasteiger partial charge in [0.2, 0.25) is 5.91 Å². The molecule has 0 unspecified atom stereocenters. The van der Waals surface area contributed by atoms with Crippen LogP contribution in [-0.4, -0.2) is 22.3 Å². The molecular formula is C29H27Cl2N3O2. The fourth-order valence-electron chi connectivity index (χ4n) is 5.27. The van der Waals surface area contributed by atoms with Gasteiger partial charge in [-0.05, 0) is 60.9 Å². The van der Waals surface area contributed by atoms with Crippen molar-refractivity contribution < 1.29 is 9.59 Å². The second-order valence-corrected chi connectivity index (χ2v) is 10.2. The molecule has 1 aliphatic rings. The molecule has 5 rings (SSSR count). The lowest BCUT2D eigenvalue weighted by Gasteiger charge is -2.45. The molecule has 2 amide bonds. The zero-order chi connectivity index (χ0) is 25.1. The molecule has 1 aromatic heterocycles. The summed E-state index contributed by atoms with van der Waals surface area (Å²) in [4.78, 5) is 33.1. The molecule has 7 heteroatoms. The van der Waals surface area contributed by atoms with Gasteiger partial charge in [0.1, 0.15) is 5.54 Å². The van der Waals surface area contributed by atoms with Crippen molar-refractivity contribution in [2.24, 2.45) is 0 Å². The van der Waals surface area contributed by atoms with Crippen LogP contribution < -0.4 is 10.2 Å². The summed E-state index contributed by atoms with van der Waals surface area (Å²) in [5, 5.41) is 5.09. The maximum atomic E-state index is 14.1. The molecule has 0 spiro atoms. The molecule has 0 radical (unpaired) electrons. The van der Waals surface area contributed by atoms with Crippen molar-refractivity contribution in [3.8, 4) is 0 Å². The fraction of sp³-hybridized carbons (Fsp3) is 0.241. The minimum atomic E-state index is -1.05. The van der Waals surface area contributed by atoms with Gasteiger partial charge in [-0.25, -0.2) is 0 Å². The highest BCUT2D eigenvalue weighted by molar-refractivity contribution is 6.31. The molecule has 1 fully saturated rings. The Balaban J connectivity index is 1.57. The number of hydrogen-bond donors (Lipinski definition) is 2. The second kappa shape index (κ2) is 10.4. The molecular weight excluding hydrogens is 493 g/mol. The summed E-state index contributed by atoms with van der Waals surface area (Å²) in [6.07, 6.45) is 5.87. The summed E-state index contributed by atoms with van der Waals surface area (Å²) >= 11 is 12.5. The number of hydrogen-bond acceptors (Lipinski definition) is 2. The lowest BCUT2D eigenvalue weighted by molar-refractivity contribution is -0.128. The Morgan fingerprint density at radius 2 is 1.61 bits per heavy atom. The quantitative estimate of drug-likeness (QED) is 0.278. The number of aromatic amines is 1. The molecule has 36 heavy (non-hydrogen) atoms. The van der Waals surface area contributed by atoms with Crippen LogP contribution in [0, 0.1) is 0 Å². The number of H-pyrrole nitrogens is 1. The van der Waals surface area contributed by atoms with Crippen molar-refractivity contribution >= 4 is 57.3 Å². The molecule has 0 saturated heterocycles. The molecule has 1 heterocycles. The molecule has 5 nitrogen and oxygen atoms in total. The van der Waals surface area contributed by atoms with E-state index in [1.165, 1.54) is 0 Å². The number of aromatic nitrogens is 1. The van der Waals surface area contributed by atoms with Crippen LogP contribution in [0.15, 0.2) is 79.0 Å². The third-order valence-electron chi connectivity index (χ3n) is 6.95. The van der Waals surface area contributed by atoms with Gasteiger partial charge in [-0.3, -0.25) is 14.5 Å². The van der Waals surface area contributed by atoms with Gasteiger partial charge in [0, 0.05) is 38.5 Å². The van der Waals surface area contributed by atoms with E-state index in [0.717, 1.165) is 35.7 Å². The first-order valence-electron chi connectivity index (χ1n) is 12.2. The van der Waals surface area contributed by atoms with Crippen LogP contribution in [-0.2, 0) is 16.0 Å². The molecule has 0 aliphatic heterocycles. The average molecular weight is 520 g/mol. The van der Waals surface area contributed by atoms with Crippen LogP contribution in [0.1, 0.15) is 37.7 Å². The molecule has 0 atom stereocenters. The van der Waals surface area contributed by atoms with Crippen LogP contribution >= 0.6 is 23.2 Å². The molecule has 2 N–H and O–H groups in total. The molecule has 184 valence electrons. The van der Waals surface area contributed by atoms with Crippen molar-refractivity contribution in [3.05, 3.63) is 94.6 Å². The zero-order valence-corrected chi connectivity index (χ0v) is 21.3. The number of halogens is 2. The summed E-state index contributed by atoms with van der Waals surface area (Å²) in [5.74, 6) is -0.359. The standard InChI is InChI=1S/C29H27Cl2N3O2/c30-21-8-6-10-23(17-21)33-28(36)29(14-4-1-5-15-29)34(24-11-7-9-22(31)18-24)27(35)16-20-19-32-26-13-3-2-12-25(20)26/h2-3,6-13,17-19,32H,1,4-5,14-16H2,(H,33,36). The third kappa shape index (κ3) is 4.86. The Bertz CT molecular complexity index is 1410. The third-order valence-corrected chi connectivity index (χ3v) is 7.42. The minimum absolute atomic E-state index is 0.148. The lowest BCUT2D eigenvalue weighted by atomic mass is 9.78. The first-order chi connectivity index (χ1) is 17.5. The number of nitrogens with one attached hydrogen (secondary N) is 2. The van der Waals surface area contributed by atoms with Gasteiger partial charge in [0.25, 0.3) is 5.91 Å². The van der Waals surface area contributed by atoms with Gasteiger partial charge >= 0.3 is 0 Å². The Morgan fingerprint density at radius 1 is 0.889 bits per heavy atom. The maximum absolute atomic E-state index is 14.1. The first kappa shape index (κ1) is 24.4. The highest BCUT2D eigenvalue weighted by Gasteiger charge is 2.48. The minimum Gasteiger partial charge on any atom is -0.361 e. The maximum Gasteiger partial charge on any atom is 0.250 e. The molecule has 0 bridgehead atoms. The number of carbonyl (C=O) groups excluding carboxylic acids is 2. The van der Waals surface area contributed by atoms with Crippen molar-refractivity contribution in [2.45, 2.75) is 44.1 Å². The Labute approximate surface area is 220 Å². The smallest absolute Gasteiger partial charge is 0.250 e. The largest absolute Gasteiger partial charge is 0.361 e. The van der Waals surface area contributed by atoms with Crippen LogP contribution in [0.25, 0.3) is 10.9 Å². The van der Waals surface area contributed by atoms with Gasteiger partial charge < -0.3 is 10.3 Å².